The summed E-state index contributed by atoms with van der Waals surface area (Å²) in [5.41, 5.74) is -0.155. The highest BCUT2D eigenvalue weighted by molar-refractivity contribution is 6.31. The Kier molecular flexibility index (Phi) is 7.05. The van der Waals surface area contributed by atoms with Crippen molar-refractivity contribution >= 4 is 40.8 Å². The molecular formula is C18H16ClN3O6. The van der Waals surface area contributed by atoms with E-state index in [4.69, 9.17) is 16.3 Å². The molecule has 2 amide bonds. The zero-order valence-corrected chi connectivity index (χ0v) is 15.5. The molecule has 0 aliphatic rings. The number of rotatable bonds is 7. The van der Waals surface area contributed by atoms with Gasteiger partial charge in [0, 0.05) is 28.9 Å². The van der Waals surface area contributed by atoms with Gasteiger partial charge in [-0.1, -0.05) is 17.7 Å². The van der Waals surface area contributed by atoms with Crippen molar-refractivity contribution in [3.63, 3.8) is 0 Å². The SMILES string of the molecule is CCNC(=O)c1cccc(NC(=O)COC(=O)c2cc(Cl)ccc2[N+](=O)[O-])c1. The minimum atomic E-state index is -1.06. The number of nitro benzene ring substituents is 1. The average molecular weight is 406 g/mol. The fourth-order valence-electron chi connectivity index (χ4n) is 2.24. The number of nitrogens with one attached hydrogen (secondary N) is 2. The van der Waals surface area contributed by atoms with Crippen LogP contribution in [-0.2, 0) is 9.53 Å². The Morgan fingerprint density at radius 1 is 1.18 bits per heavy atom. The van der Waals surface area contributed by atoms with Crippen LogP contribution in [0.25, 0.3) is 0 Å². The minimum Gasteiger partial charge on any atom is -0.452 e. The first-order valence-electron chi connectivity index (χ1n) is 8.11. The number of anilines is 1. The van der Waals surface area contributed by atoms with Crippen LogP contribution in [0.4, 0.5) is 11.4 Å². The topological polar surface area (TPSA) is 128 Å². The number of benzene rings is 2. The Balaban J connectivity index is 2.01. The molecule has 0 saturated carbocycles. The number of nitrogens with zero attached hydrogens (tertiary/aromatic N) is 1. The maximum absolute atomic E-state index is 12.1. The first-order chi connectivity index (χ1) is 13.3. The van der Waals surface area contributed by atoms with E-state index in [0.29, 0.717) is 17.8 Å². The fraction of sp³-hybridized carbons (Fsp3) is 0.167. The van der Waals surface area contributed by atoms with E-state index in [1.54, 1.807) is 25.1 Å². The minimum absolute atomic E-state index is 0.115. The van der Waals surface area contributed by atoms with Gasteiger partial charge >= 0.3 is 5.97 Å². The van der Waals surface area contributed by atoms with Gasteiger partial charge < -0.3 is 15.4 Å². The summed E-state index contributed by atoms with van der Waals surface area (Å²) in [6, 6.07) is 9.63. The highest BCUT2D eigenvalue weighted by Gasteiger charge is 2.22. The zero-order chi connectivity index (χ0) is 20.7. The molecule has 2 aromatic rings. The van der Waals surface area contributed by atoms with Gasteiger partial charge in [0.15, 0.2) is 6.61 Å². The van der Waals surface area contributed by atoms with Crippen molar-refractivity contribution in [1.82, 2.24) is 5.32 Å². The summed E-state index contributed by atoms with van der Waals surface area (Å²) in [7, 11) is 0. The maximum Gasteiger partial charge on any atom is 0.345 e. The molecule has 2 rings (SSSR count). The van der Waals surface area contributed by atoms with Gasteiger partial charge in [-0.3, -0.25) is 19.7 Å². The number of esters is 1. The van der Waals surface area contributed by atoms with Crippen LogP contribution in [0.15, 0.2) is 42.5 Å². The highest BCUT2D eigenvalue weighted by atomic mass is 35.5. The molecule has 0 bridgehead atoms. The molecule has 9 nitrogen and oxygen atoms in total. The van der Waals surface area contributed by atoms with Crippen LogP contribution >= 0.6 is 11.6 Å². The first-order valence-corrected chi connectivity index (χ1v) is 8.48. The third-order valence-electron chi connectivity index (χ3n) is 3.46. The smallest absolute Gasteiger partial charge is 0.345 e. The number of halogens is 1. The second kappa shape index (κ2) is 9.47. The third-order valence-corrected chi connectivity index (χ3v) is 3.69. The van der Waals surface area contributed by atoms with Crippen molar-refractivity contribution in [3.8, 4) is 0 Å². The molecule has 0 unspecified atom stereocenters. The maximum atomic E-state index is 12.1. The quantitative estimate of drug-likeness (QED) is 0.414. The Morgan fingerprint density at radius 2 is 1.93 bits per heavy atom. The number of carbonyl (C=O) groups is 3. The molecule has 2 N–H and O–H groups in total. The van der Waals surface area contributed by atoms with E-state index in [-0.39, 0.29) is 16.5 Å². The summed E-state index contributed by atoms with van der Waals surface area (Å²) >= 11 is 5.76. The Hall–Kier alpha value is -3.46. The summed E-state index contributed by atoms with van der Waals surface area (Å²) in [6.07, 6.45) is 0. The van der Waals surface area contributed by atoms with Crippen molar-refractivity contribution in [2.45, 2.75) is 6.92 Å². The number of hydrogen-bond acceptors (Lipinski definition) is 6. The van der Waals surface area contributed by atoms with Crippen LogP contribution in [0.3, 0.4) is 0 Å². The van der Waals surface area contributed by atoms with Crippen LogP contribution in [0.1, 0.15) is 27.6 Å². The van der Waals surface area contributed by atoms with Gasteiger partial charge in [-0.05, 0) is 37.3 Å². The highest BCUT2D eigenvalue weighted by Crippen LogP contribution is 2.23. The lowest BCUT2D eigenvalue weighted by atomic mass is 10.2. The molecular weight excluding hydrogens is 390 g/mol. The van der Waals surface area contributed by atoms with Crippen LogP contribution < -0.4 is 10.6 Å². The van der Waals surface area contributed by atoms with E-state index in [0.717, 1.165) is 12.1 Å². The molecule has 10 heteroatoms. The van der Waals surface area contributed by atoms with Crippen LogP contribution in [0.5, 0.6) is 0 Å². The van der Waals surface area contributed by atoms with Gasteiger partial charge in [0.05, 0.1) is 4.92 Å². The lowest BCUT2D eigenvalue weighted by molar-refractivity contribution is -0.385. The summed E-state index contributed by atoms with van der Waals surface area (Å²) in [4.78, 5) is 46.1. The largest absolute Gasteiger partial charge is 0.452 e. The molecule has 146 valence electrons. The van der Waals surface area contributed by atoms with Gasteiger partial charge in [-0.25, -0.2) is 4.79 Å². The summed E-state index contributed by atoms with van der Waals surface area (Å²) < 4.78 is 4.83. The van der Waals surface area contributed by atoms with E-state index in [1.165, 1.54) is 12.1 Å². The molecule has 0 saturated heterocycles. The predicted octanol–water partition coefficient (Wildman–Crippen LogP) is 2.79. The third kappa shape index (κ3) is 5.52. The van der Waals surface area contributed by atoms with Gasteiger partial charge in [0.1, 0.15) is 5.56 Å². The van der Waals surface area contributed by atoms with Gasteiger partial charge in [-0.2, -0.15) is 0 Å². The number of ether oxygens (including phenoxy) is 1. The molecule has 0 fully saturated rings. The van der Waals surface area contributed by atoms with Crippen LogP contribution in [-0.4, -0.2) is 35.9 Å². The number of hydrogen-bond donors (Lipinski definition) is 2. The molecule has 0 aromatic heterocycles. The summed E-state index contributed by atoms with van der Waals surface area (Å²) in [5.74, 6) is -2.02. The standard InChI is InChI=1S/C18H16ClN3O6/c1-2-20-17(24)11-4-3-5-13(8-11)21-16(23)10-28-18(25)14-9-12(19)6-7-15(14)22(26)27/h3-9H,2,10H2,1H3,(H,20,24)(H,21,23). The molecule has 0 heterocycles. The molecule has 0 radical (unpaired) electrons. The summed E-state index contributed by atoms with van der Waals surface area (Å²) in [6.45, 7) is 1.57. The van der Waals surface area contributed by atoms with Crippen molar-refractivity contribution in [2.24, 2.45) is 0 Å². The van der Waals surface area contributed by atoms with Crippen LogP contribution in [0.2, 0.25) is 5.02 Å². The van der Waals surface area contributed by atoms with Crippen molar-refractivity contribution < 1.29 is 24.0 Å². The van der Waals surface area contributed by atoms with Gasteiger partial charge in [0.25, 0.3) is 17.5 Å². The normalized spacial score (nSPS) is 10.1. The van der Waals surface area contributed by atoms with E-state index in [9.17, 15) is 24.5 Å². The van der Waals surface area contributed by atoms with E-state index >= 15 is 0 Å². The van der Waals surface area contributed by atoms with Gasteiger partial charge in [0.2, 0.25) is 0 Å². The fourth-order valence-corrected chi connectivity index (χ4v) is 2.41. The average Bonchev–Trinajstić information content (AvgIpc) is 2.66. The van der Waals surface area contributed by atoms with E-state index in [1.807, 2.05) is 0 Å². The molecule has 28 heavy (non-hydrogen) atoms. The Labute approximate surface area is 164 Å². The van der Waals surface area contributed by atoms with Crippen molar-refractivity contribution in [1.29, 1.82) is 0 Å². The molecule has 2 aromatic carbocycles. The molecule has 0 aliphatic heterocycles. The predicted molar refractivity (Wildman–Crippen MR) is 101 cm³/mol. The van der Waals surface area contributed by atoms with Crippen LogP contribution in [0, 0.1) is 10.1 Å². The second-order valence-corrected chi connectivity index (χ2v) is 5.92. The lowest BCUT2D eigenvalue weighted by Crippen LogP contribution is -2.23. The molecule has 0 aliphatic carbocycles. The zero-order valence-electron chi connectivity index (χ0n) is 14.7. The number of nitro groups is 1. The van der Waals surface area contributed by atoms with E-state index in [2.05, 4.69) is 10.6 Å². The Morgan fingerprint density at radius 3 is 2.61 bits per heavy atom. The molecule has 0 atom stereocenters. The van der Waals surface area contributed by atoms with Gasteiger partial charge in [-0.15, -0.1) is 0 Å². The number of carbonyl (C=O) groups excluding carboxylic acids is 3. The van der Waals surface area contributed by atoms with E-state index < -0.39 is 29.1 Å². The second-order valence-electron chi connectivity index (χ2n) is 5.48. The molecule has 0 spiro atoms. The van der Waals surface area contributed by atoms with Crippen molar-refractivity contribution in [3.05, 3.63) is 68.7 Å². The Bertz CT molecular complexity index is 931. The monoisotopic (exact) mass is 405 g/mol. The lowest BCUT2D eigenvalue weighted by Gasteiger charge is -2.08. The first kappa shape index (κ1) is 20.8. The number of amides is 2. The van der Waals surface area contributed by atoms with Crippen molar-refractivity contribution in [2.75, 3.05) is 18.5 Å². The summed E-state index contributed by atoms with van der Waals surface area (Å²) in [5, 5.41) is 16.2.